The molecule has 152 valence electrons. The molecule has 0 unspecified atom stereocenters. The molecular weight excluding hydrogens is 396 g/mol. The van der Waals surface area contributed by atoms with Gasteiger partial charge in [-0.15, -0.1) is 0 Å². The van der Waals surface area contributed by atoms with Crippen molar-refractivity contribution in [2.75, 3.05) is 13.1 Å². The first kappa shape index (κ1) is 22.4. The minimum absolute atomic E-state index is 0.0127. The number of aryl methyl sites for hydroxylation is 1. The van der Waals surface area contributed by atoms with Gasteiger partial charge in [-0.25, -0.2) is 8.42 Å². The van der Waals surface area contributed by atoms with Gasteiger partial charge in [-0.05, 0) is 36.1 Å². The lowest BCUT2D eigenvalue weighted by Crippen LogP contribution is -2.42. The number of rotatable bonds is 7. The van der Waals surface area contributed by atoms with E-state index in [-0.39, 0.29) is 29.3 Å². The SMILES string of the molecule is Cc1ccc(S(=O)(=O)N(CC(=O)NCC(C)(C)C)Cc2ccccc2Cl)cc1. The fraction of sp³-hybridized carbons (Fsp3) is 0.381. The van der Waals surface area contributed by atoms with Gasteiger partial charge < -0.3 is 5.32 Å². The Morgan fingerprint density at radius 1 is 1.07 bits per heavy atom. The largest absolute Gasteiger partial charge is 0.354 e. The van der Waals surface area contributed by atoms with Crippen molar-refractivity contribution in [1.82, 2.24) is 9.62 Å². The number of sulfonamides is 1. The molecule has 0 spiro atoms. The summed E-state index contributed by atoms with van der Waals surface area (Å²) in [7, 11) is -3.87. The number of halogens is 1. The molecule has 2 rings (SSSR count). The van der Waals surface area contributed by atoms with E-state index in [1.165, 1.54) is 0 Å². The van der Waals surface area contributed by atoms with Crippen molar-refractivity contribution in [1.29, 1.82) is 0 Å². The normalized spacial score (nSPS) is 12.2. The summed E-state index contributed by atoms with van der Waals surface area (Å²) in [6.07, 6.45) is 0. The molecule has 0 saturated carbocycles. The van der Waals surface area contributed by atoms with Crippen LogP contribution in [-0.4, -0.2) is 31.7 Å². The van der Waals surface area contributed by atoms with Crippen molar-refractivity contribution >= 4 is 27.5 Å². The van der Waals surface area contributed by atoms with Crippen molar-refractivity contribution in [3.8, 4) is 0 Å². The lowest BCUT2D eigenvalue weighted by atomic mass is 9.97. The first-order chi connectivity index (χ1) is 13.0. The summed E-state index contributed by atoms with van der Waals surface area (Å²) in [5.74, 6) is -0.349. The molecule has 0 fully saturated rings. The van der Waals surface area contributed by atoms with E-state index in [0.29, 0.717) is 17.1 Å². The molecule has 0 saturated heterocycles. The van der Waals surface area contributed by atoms with E-state index in [1.54, 1.807) is 48.5 Å². The monoisotopic (exact) mass is 422 g/mol. The number of hydrogen-bond acceptors (Lipinski definition) is 3. The van der Waals surface area contributed by atoms with Crippen LogP contribution in [0.25, 0.3) is 0 Å². The van der Waals surface area contributed by atoms with Crippen molar-refractivity contribution in [2.45, 2.75) is 39.1 Å². The molecule has 1 N–H and O–H groups in total. The Labute approximate surface area is 172 Å². The Morgan fingerprint density at radius 3 is 2.25 bits per heavy atom. The van der Waals surface area contributed by atoms with Crippen LogP contribution in [0.2, 0.25) is 5.02 Å². The molecule has 2 aromatic rings. The van der Waals surface area contributed by atoms with Crippen LogP contribution in [0.5, 0.6) is 0 Å². The summed E-state index contributed by atoms with van der Waals surface area (Å²) < 4.78 is 27.6. The van der Waals surface area contributed by atoms with E-state index in [2.05, 4.69) is 5.32 Å². The fourth-order valence-corrected chi connectivity index (χ4v) is 4.05. The minimum atomic E-state index is -3.87. The van der Waals surface area contributed by atoms with Crippen LogP contribution < -0.4 is 5.32 Å². The first-order valence-corrected chi connectivity index (χ1v) is 10.9. The zero-order valence-corrected chi connectivity index (χ0v) is 18.3. The van der Waals surface area contributed by atoms with E-state index in [9.17, 15) is 13.2 Å². The Bertz CT molecular complexity index is 919. The highest BCUT2D eigenvalue weighted by Gasteiger charge is 2.27. The Morgan fingerprint density at radius 2 is 1.68 bits per heavy atom. The van der Waals surface area contributed by atoms with Crippen LogP contribution in [-0.2, 0) is 21.4 Å². The van der Waals surface area contributed by atoms with E-state index in [4.69, 9.17) is 11.6 Å². The Kier molecular flexibility index (Phi) is 7.26. The molecular formula is C21H27ClN2O3S. The molecule has 0 aliphatic heterocycles. The summed E-state index contributed by atoms with van der Waals surface area (Å²) in [5, 5.41) is 3.27. The molecule has 0 aromatic heterocycles. The molecule has 7 heteroatoms. The Hall–Kier alpha value is -1.89. The van der Waals surface area contributed by atoms with Crippen LogP contribution in [0.3, 0.4) is 0 Å². The van der Waals surface area contributed by atoms with Crippen molar-refractivity contribution in [2.24, 2.45) is 5.41 Å². The third kappa shape index (κ3) is 6.33. The van der Waals surface area contributed by atoms with Crippen LogP contribution in [0, 0.1) is 12.3 Å². The number of nitrogens with zero attached hydrogens (tertiary/aromatic N) is 1. The number of hydrogen-bond donors (Lipinski definition) is 1. The lowest BCUT2D eigenvalue weighted by Gasteiger charge is -2.24. The average Bonchev–Trinajstić information content (AvgIpc) is 2.61. The molecule has 2 aromatic carbocycles. The highest BCUT2D eigenvalue weighted by molar-refractivity contribution is 7.89. The third-order valence-corrected chi connectivity index (χ3v) is 6.27. The molecule has 5 nitrogen and oxygen atoms in total. The van der Waals surface area contributed by atoms with E-state index < -0.39 is 10.0 Å². The lowest BCUT2D eigenvalue weighted by molar-refractivity contribution is -0.121. The molecule has 28 heavy (non-hydrogen) atoms. The van der Waals surface area contributed by atoms with Crippen LogP contribution in [0.15, 0.2) is 53.4 Å². The van der Waals surface area contributed by atoms with Gasteiger partial charge in [0.15, 0.2) is 0 Å². The van der Waals surface area contributed by atoms with E-state index >= 15 is 0 Å². The second kappa shape index (κ2) is 9.07. The predicted molar refractivity (Wildman–Crippen MR) is 113 cm³/mol. The molecule has 0 aliphatic rings. The summed E-state index contributed by atoms with van der Waals surface area (Å²) in [5.41, 5.74) is 1.50. The zero-order valence-electron chi connectivity index (χ0n) is 16.7. The summed E-state index contributed by atoms with van der Waals surface area (Å²) in [4.78, 5) is 12.6. The van der Waals surface area contributed by atoms with E-state index in [1.807, 2.05) is 27.7 Å². The quantitative estimate of drug-likeness (QED) is 0.733. The van der Waals surface area contributed by atoms with Gasteiger partial charge in [0.05, 0.1) is 11.4 Å². The van der Waals surface area contributed by atoms with E-state index in [0.717, 1.165) is 9.87 Å². The molecule has 0 radical (unpaired) electrons. The maximum absolute atomic E-state index is 13.2. The van der Waals surface area contributed by atoms with Crippen LogP contribution in [0.4, 0.5) is 0 Å². The average molecular weight is 423 g/mol. The third-order valence-electron chi connectivity index (χ3n) is 4.10. The van der Waals surface area contributed by atoms with Crippen LogP contribution in [0.1, 0.15) is 31.9 Å². The standard InChI is InChI=1S/C21H27ClN2O3S/c1-16-9-11-18(12-10-16)28(26,27)24(13-17-7-5-6-8-19(17)22)14-20(25)23-15-21(2,3)4/h5-12H,13-15H2,1-4H3,(H,23,25). The topological polar surface area (TPSA) is 66.5 Å². The fourth-order valence-electron chi connectivity index (χ4n) is 2.48. The van der Waals surface area contributed by atoms with Crippen LogP contribution >= 0.6 is 11.6 Å². The molecule has 0 heterocycles. The number of nitrogens with one attached hydrogen (secondary N) is 1. The number of amides is 1. The summed E-state index contributed by atoms with van der Waals surface area (Å²) in [6.45, 7) is 8.07. The number of benzene rings is 2. The smallest absolute Gasteiger partial charge is 0.243 e. The maximum Gasteiger partial charge on any atom is 0.243 e. The second-order valence-electron chi connectivity index (χ2n) is 8.01. The molecule has 0 atom stereocenters. The van der Waals surface area contributed by atoms with Gasteiger partial charge in [0.25, 0.3) is 0 Å². The van der Waals surface area contributed by atoms with Gasteiger partial charge in [-0.2, -0.15) is 4.31 Å². The summed E-state index contributed by atoms with van der Waals surface area (Å²) in [6, 6.07) is 13.6. The van der Waals surface area contributed by atoms with Crippen molar-refractivity contribution in [3.05, 3.63) is 64.7 Å². The molecule has 1 amide bonds. The van der Waals surface area contributed by atoms with Gasteiger partial charge in [-0.1, -0.05) is 68.3 Å². The van der Waals surface area contributed by atoms with Crippen molar-refractivity contribution < 1.29 is 13.2 Å². The van der Waals surface area contributed by atoms with Crippen molar-refractivity contribution in [3.63, 3.8) is 0 Å². The number of carbonyl (C=O) groups is 1. The zero-order chi connectivity index (χ0) is 20.9. The van der Waals surface area contributed by atoms with Gasteiger partial charge >= 0.3 is 0 Å². The first-order valence-electron chi connectivity index (χ1n) is 9.06. The maximum atomic E-state index is 13.2. The Balaban J connectivity index is 2.31. The predicted octanol–water partition coefficient (Wildman–Crippen LogP) is 4.00. The second-order valence-corrected chi connectivity index (χ2v) is 10.4. The van der Waals surface area contributed by atoms with Gasteiger partial charge in [0, 0.05) is 18.1 Å². The minimum Gasteiger partial charge on any atom is -0.354 e. The molecule has 0 aliphatic carbocycles. The van der Waals surface area contributed by atoms with Gasteiger partial charge in [0.2, 0.25) is 15.9 Å². The summed E-state index contributed by atoms with van der Waals surface area (Å²) >= 11 is 6.22. The number of carbonyl (C=O) groups excluding carboxylic acids is 1. The van der Waals surface area contributed by atoms with Gasteiger partial charge in [-0.3, -0.25) is 4.79 Å². The van der Waals surface area contributed by atoms with Gasteiger partial charge in [0.1, 0.15) is 0 Å². The molecule has 0 bridgehead atoms. The highest BCUT2D eigenvalue weighted by atomic mass is 35.5. The highest BCUT2D eigenvalue weighted by Crippen LogP contribution is 2.22.